The number of carboxylic acids is 1. The number of ether oxygens (including phenoxy) is 1. The summed E-state index contributed by atoms with van der Waals surface area (Å²) in [5.74, 6) is -1.70. The van der Waals surface area contributed by atoms with Crippen molar-refractivity contribution in [2.45, 2.75) is 32.6 Å². The van der Waals surface area contributed by atoms with Crippen molar-refractivity contribution in [3.8, 4) is 0 Å². The zero-order valence-corrected chi connectivity index (χ0v) is 10.3. The van der Waals surface area contributed by atoms with Crippen molar-refractivity contribution in [3.05, 3.63) is 0 Å². The molecule has 5 nitrogen and oxygen atoms in total. The summed E-state index contributed by atoms with van der Waals surface area (Å²) >= 11 is 0. The van der Waals surface area contributed by atoms with Crippen LogP contribution in [-0.4, -0.2) is 36.7 Å². The van der Waals surface area contributed by atoms with Crippen LogP contribution in [0.15, 0.2) is 0 Å². The molecule has 0 aliphatic carbocycles. The maximum absolute atomic E-state index is 11.6. The van der Waals surface area contributed by atoms with Crippen LogP contribution in [0, 0.1) is 11.8 Å². The second kappa shape index (κ2) is 7.27. The topological polar surface area (TPSA) is 75.6 Å². The number of amides is 1. The van der Waals surface area contributed by atoms with Gasteiger partial charge in [-0.15, -0.1) is 0 Å². The minimum atomic E-state index is -0.897. The van der Waals surface area contributed by atoms with Crippen LogP contribution in [0.1, 0.15) is 32.6 Å². The Morgan fingerprint density at radius 3 is 2.82 bits per heavy atom. The van der Waals surface area contributed by atoms with Gasteiger partial charge in [-0.25, -0.2) is 0 Å². The van der Waals surface area contributed by atoms with E-state index < -0.39 is 11.9 Å². The molecule has 0 saturated carbocycles. The number of carboxylic acid groups (broad SMARTS) is 1. The van der Waals surface area contributed by atoms with Gasteiger partial charge < -0.3 is 15.2 Å². The molecule has 17 heavy (non-hydrogen) atoms. The van der Waals surface area contributed by atoms with Crippen molar-refractivity contribution in [3.63, 3.8) is 0 Å². The van der Waals surface area contributed by atoms with E-state index >= 15 is 0 Å². The summed E-state index contributed by atoms with van der Waals surface area (Å²) in [6, 6.07) is 0. The van der Waals surface area contributed by atoms with Crippen molar-refractivity contribution in [1.29, 1.82) is 0 Å². The van der Waals surface area contributed by atoms with Crippen LogP contribution in [0.2, 0.25) is 0 Å². The molecule has 2 unspecified atom stereocenters. The highest BCUT2D eigenvalue weighted by Crippen LogP contribution is 2.25. The van der Waals surface area contributed by atoms with E-state index in [-0.39, 0.29) is 18.2 Å². The molecule has 0 aromatic rings. The first kappa shape index (κ1) is 14.0. The Balaban J connectivity index is 2.37. The van der Waals surface area contributed by atoms with E-state index in [1.165, 1.54) is 0 Å². The summed E-state index contributed by atoms with van der Waals surface area (Å²) in [6.07, 6.45) is 2.74. The molecule has 5 heteroatoms. The van der Waals surface area contributed by atoms with Crippen molar-refractivity contribution in [2.24, 2.45) is 11.8 Å². The fourth-order valence-electron chi connectivity index (χ4n) is 2.00. The molecule has 0 aromatic heterocycles. The number of unbranched alkanes of at least 4 members (excludes halogenated alkanes) is 1. The Bertz CT molecular complexity index is 261. The lowest BCUT2D eigenvalue weighted by Crippen LogP contribution is -2.32. The Hall–Kier alpha value is -1.10. The Kier molecular flexibility index (Phi) is 5.97. The van der Waals surface area contributed by atoms with Gasteiger partial charge in [0.25, 0.3) is 0 Å². The van der Waals surface area contributed by atoms with Gasteiger partial charge in [0.15, 0.2) is 0 Å². The van der Waals surface area contributed by atoms with E-state index in [0.717, 1.165) is 19.3 Å². The highest BCUT2D eigenvalue weighted by atomic mass is 16.5. The molecule has 0 radical (unpaired) electrons. The second-order valence-corrected chi connectivity index (χ2v) is 4.48. The molecule has 1 aliphatic rings. The number of hydrogen-bond acceptors (Lipinski definition) is 3. The Labute approximate surface area is 102 Å². The van der Waals surface area contributed by atoms with Gasteiger partial charge in [0.05, 0.1) is 12.5 Å². The number of rotatable bonds is 7. The first-order valence-corrected chi connectivity index (χ1v) is 6.22. The molecule has 1 amide bonds. The van der Waals surface area contributed by atoms with Crippen molar-refractivity contribution >= 4 is 11.9 Å². The van der Waals surface area contributed by atoms with Crippen LogP contribution < -0.4 is 5.32 Å². The van der Waals surface area contributed by atoms with Gasteiger partial charge in [-0.05, 0) is 18.8 Å². The number of aliphatic carboxylic acids is 1. The van der Waals surface area contributed by atoms with Gasteiger partial charge in [0.2, 0.25) is 5.91 Å². The average Bonchev–Trinajstić information content (AvgIpc) is 2.79. The molecule has 0 spiro atoms. The molecule has 1 heterocycles. The van der Waals surface area contributed by atoms with Gasteiger partial charge in [-0.2, -0.15) is 0 Å². The minimum Gasteiger partial charge on any atom is -0.481 e. The first-order valence-electron chi connectivity index (χ1n) is 6.22. The summed E-state index contributed by atoms with van der Waals surface area (Å²) in [5, 5.41) is 11.9. The van der Waals surface area contributed by atoms with E-state index in [1.807, 2.05) is 6.92 Å². The molecule has 0 aromatic carbocycles. The highest BCUT2D eigenvalue weighted by molar-refractivity contribution is 5.82. The van der Waals surface area contributed by atoms with Crippen LogP contribution in [-0.2, 0) is 14.3 Å². The molecular weight excluding hydrogens is 222 g/mol. The number of nitrogens with one attached hydrogen (secondary N) is 1. The number of hydrogen-bond donors (Lipinski definition) is 2. The van der Waals surface area contributed by atoms with Crippen LogP contribution >= 0.6 is 0 Å². The van der Waals surface area contributed by atoms with Crippen LogP contribution in [0.5, 0.6) is 0 Å². The Morgan fingerprint density at radius 2 is 2.29 bits per heavy atom. The van der Waals surface area contributed by atoms with Crippen LogP contribution in [0.25, 0.3) is 0 Å². The molecule has 98 valence electrons. The SMILES string of the molecule is CCCCNC(=O)CC(C(=O)O)C1CCOC1. The summed E-state index contributed by atoms with van der Waals surface area (Å²) in [5.41, 5.74) is 0. The summed E-state index contributed by atoms with van der Waals surface area (Å²) in [4.78, 5) is 22.7. The molecule has 1 saturated heterocycles. The van der Waals surface area contributed by atoms with Crippen LogP contribution in [0.3, 0.4) is 0 Å². The second-order valence-electron chi connectivity index (χ2n) is 4.48. The van der Waals surface area contributed by atoms with Gasteiger partial charge in [-0.1, -0.05) is 13.3 Å². The van der Waals surface area contributed by atoms with Crippen molar-refractivity contribution < 1.29 is 19.4 Å². The van der Waals surface area contributed by atoms with Gasteiger partial charge in [-0.3, -0.25) is 9.59 Å². The van der Waals surface area contributed by atoms with Gasteiger partial charge in [0, 0.05) is 19.6 Å². The monoisotopic (exact) mass is 243 g/mol. The summed E-state index contributed by atoms with van der Waals surface area (Å²) in [7, 11) is 0. The van der Waals surface area contributed by atoms with E-state index in [1.54, 1.807) is 0 Å². The fraction of sp³-hybridized carbons (Fsp3) is 0.833. The van der Waals surface area contributed by atoms with E-state index in [0.29, 0.717) is 19.8 Å². The molecule has 1 rings (SSSR count). The fourth-order valence-corrected chi connectivity index (χ4v) is 2.00. The maximum atomic E-state index is 11.6. The number of carbonyl (C=O) groups excluding carboxylic acids is 1. The van der Waals surface area contributed by atoms with Gasteiger partial charge >= 0.3 is 5.97 Å². The molecule has 1 aliphatic heterocycles. The lowest BCUT2D eigenvalue weighted by atomic mass is 9.88. The lowest BCUT2D eigenvalue weighted by Gasteiger charge is -2.17. The minimum absolute atomic E-state index is 0.0237. The largest absolute Gasteiger partial charge is 0.481 e. The van der Waals surface area contributed by atoms with Crippen molar-refractivity contribution in [2.75, 3.05) is 19.8 Å². The highest BCUT2D eigenvalue weighted by Gasteiger charge is 2.32. The third-order valence-electron chi connectivity index (χ3n) is 3.11. The molecule has 2 N–H and O–H groups in total. The van der Waals surface area contributed by atoms with E-state index in [9.17, 15) is 9.59 Å². The predicted octanol–water partition coefficient (Wildman–Crippen LogP) is 1.03. The van der Waals surface area contributed by atoms with Crippen LogP contribution in [0.4, 0.5) is 0 Å². The Morgan fingerprint density at radius 1 is 1.53 bits per heavy atom. The summed E-state index contributed by atoms with van der Waals surface area (Å²) < 4.78 is 5.17. The smallest absolute Gasteiger partial charge is 0.307 e. The van der Waals surface area contributed by atoms with E-state index in [2.05, 4.69) is 5.32 Å². The quantitative estimate of drug-likeness (QED) is 0.655. The predicted molar refractivity (Wildman–Crippen MR) is 62.6 cm³/mol. The average molecular weight is 243 g/mol. The lowest BCUT2D eigenvalue weighted by molar-refractivity contribution is -0.146. The van der Waals surface area contributed by atoms with E-state index in [4.69, 9.17) is 9.84 Å². The summed E-state index contributed by atoms with van der Waals surface area (Å²) in [6.45, 7) is 3.73. The van der Waals surface area contributed by atoms with Gasteiger partial charge in [0.1, 0.15) is 0 Å². The molecule has 2 atom stereocenters. The zero-order valence-electron chi connectivity index (χ0n) is 10.3. The van der Waals surface area contributed by atoms with Crippen molar-refractivity contribution in [1.82, 2.24) is 5.32 Å². The standard InChI is InChI=1S/C12H21NO4/c1-2-3-5-13-11(14)7-10(12(15)16)9-4-6-17-8-9/h9-10H,2-8H2,1H3,(H,13,14)(H,15,16). The normalized spacial score (nSPS) is 21.1. The zero-order chi connectivity index (χ0) is 12.7. The first-order chi connectivity index (χ1) is 8.15. The number of carbonyl (C=O) groups is 2. The molecular formula is C12H21NO4. The third-order valence-corrected chi connectivity index (χ3v) is 3.11. The maximum Gasteiger partial charge on any atom is 0.307 e. The third kappa shape index (κ3) is 4.73. The molecule has 0 bridgehead atoms. The molecule has 1 fully saturated rings.